The number of pyridine rings is 1. The molecule has 1 amide bonds. The van der Waals surface area contributed by atoms with Gasteiger partial charge in [-0.25, -0.2) is 4.98 Å². The van der Waals surface area contributed by atoms with Crippen LogP contribution in [0.25, 0.3) is 0 Å². The van der Waals surface area contributed by atoms with E-state index in [2.05, 4.69) is 29.0 Å². The highest BCUT2D eigenvalue weighted by Crippen LogP contribution is 2.30. The molecule has 1 aliphatic heterocycles. The average Bonchev–Trinajstić information content (AvgIpc) is 2.51. The summed E-state index contributed by atoms with van der Waals surface area (Å²) in [4.78, 5) is 18.1. The standard InChI is InChI=1S/C15H22N4O.C2H6/c1-9(2)14-11(4)19(8-13(20)18-14)10(3)12-6-5-7-17-15(12)16;1-2/h5-7,9-10H,8H2,1-4H3,(H2,16,17)(H,18,20);1-2H3. The van der Waals surface area contributed by atoms with Crippen LogP contribution >= 0.6 is 0 Å². The lowest BCUT2D eigenvalue weighted by Gasteiger charge is -2.37. The van der Waals surface area contributed by atoms with Crippen molar-refractivity contribution in [3.8, 4) is 0 Å². The first-order valence-electron chi connectivity index (χ1n) is 7.89. The molecule has 1 aromatic heterocycles. The molecule has 1 aromatic rings. The van der Waals surface area contributed by atoms with Gasteiger partial charge in [0.2, 0.25) is 5.91 Å². The second-order valence-corrected chi connectivity index (χ2v) is 5.48. The maximum absolute atomic E-state index is 11.9. The van der Waals surface area contributed by atoms with Gasteiger partial charge in [0.05, 0.1) is 12.6 Å². The predicted octanol–water partition coefficient (Wildman–Crippen LogP) is 3.07. The number of nitrogens with one attached hydrogen (secondary N) is 1. The van der Waals surface area contributed by atoms with Crippen LogP contribution in [0.2, 0.25) is 0 Å². The first kappa shape index (κ1) is 18.0. The molecular weight excluding hydrogens is 276 g/mol. The molecule has 0 bridgehead atoms. The third-order valence-electron chi connectivity index (χ3n) is 3.77. The molecule has 2 heterocycles. The number of nitrogens with two attached hydrogens (primary N) is 1. The quantitative estimate of drug-likeness (QED) is 0.900. The van der Waals surface area contributed by atoms with E-state index in [1.165, 1.54) is 0 Å². The minimum Gasteiger partial charge on any atom is -0.383 e. The third-order valence-corrected chi connectivity index (χ3v) is 3.77. The minimum absolute atomic E-state index is 0.0171. The van der Waals surface area contributed by atoms with Crippen LogP contribution in [-0.4, -0.2) is 22.3 Å². The fraction of sp³-hybridized carbons (Fsp3) is 0.529. The highest BCUT2D eigenvalue weighted by Gasteiger charge is 2.28. The molecule has 5 nitrogen and oxygen atoms in total. The molecule has 122 valence electrons. The number of nitrogen functional groups attached to an aromatic ring is 1. The molecule has 2 rings (SSSR count). The molecule has 5 heteroatoms. The lowest BCUT2D eigenvalue weighted by Crippen LogP contribution is -2.45. The van der Waals surface area contributed by atoms with Gasteiger partial charge in [-0.2, -0.15) is 0 Å². The van der Waals surface area contributed by atoms with Crippen LogP contribution in [-0.2, 0) is 4.79 Å². The van der Waals surface area contributed by atoms with E-state index in [0.29, 0.717) is 12.4 Å². The zero-order valence-electron chi connectivity index (χ0n) is 14.5. The summed E-state index contributed by atoms with van der Waals surface area (Å²) in [6.45, 7) is 12.6. The van der Waals surface area contributed by atoms with Gasteiger partial charge >= 0.3 is 0 Å². The van der Waals surface area contributed by atoms with Crippen molar-refractivity contribution >= 4 is 11.7 Å². The molecule has 0 saturated carbocycles. The lowest BCUT2D eigenvalue weighted by atomic mass is 10.0. The number of hydrogen-bond acceptors (Lipinski definition) is 4. The number of rotatable bonds is 3. The van der Waals surface area contributed by atoms with E-state index in [1.807, 2.05) is 39.8 Å². The van der Waals surface area contributed by atoms with Gasteiger partial charge < -0.3 is 16.0 Å². The fourth-order valence-corrected chi connectivity index (χ4v) is 2.65. The molecule has 1 aliphatic rings. The molecule has 0 saturated heterocycles. The van der Waals surface area contributed by atoms with Crippen molar-refractivity contribution in [3.63, 3.8) is 0 Å². The summed E-state index contributed by atoms with van der Waals surface area (Å²) in [7, 11) is 0. The number of hydrogen-bond donors (Lipinski definition) is 2. The molecule has 3 N–H and O–H groups in total. The minimum atomic E-state index is 0.0171. The maximum atomic E-state index is 11.9. The van der Waals surface area contributed by atoms with Crippen LogP contribution in [0.1, 0.15) is 53.1 Å². The van der Waals surface area contributed by atoms with Crippen LogP contribution in [0.15, 0.2) is 29.7 Å². The van der Waals surface area contributed by atoms with Crippen LogP contribution < -0.4 is 11.1 Å². The second kappa shape index (κ2) is 7.82. The molecule has 0 spiro atoms. The Kier molecular flexibility index (Phi) is 6.40. The maximum Gasteiger partial charge on any atom is 0.243 e. The molecule has 0 aromatic carbocycles. The summed E-state index contributed by atoms with van der Waals surface area (Å²) in [5, 5.41) is 2.97. The summed E-state index contributed by atoms with van der Waals surface area (Å²) in [6.07, 6.45) is 1.68. The van der Waals surface area contributed by atoms with Gasteiger partial charge in [0.15, 0.2) is 0 Å². The highest BCUT2D eigenvalue weighted by molar-refractivity contribution is 5.81. The Bertz CT molecular complexity index is 551. The SMILES string of the molecule is CC.CC1=C(C(C)C)NC(=O)CN1C(C)c1cccnc1N. The summed E-state index contributed by atoms with van der Waals surface area (Å²) >= 11 is 0. The summed E-state index contributed by atoms with van der Waals surface area (Å²) in [5.41, 5.74) is 8.97. The summed E-state index contributed by atoms with van der Waals surface area (Å²) in [6, 6.07) is 3.85. The molecule has 0 radical (unpaired) electrons. The van der Waals surface area contributed by atoms with Gasteiger partial charge in [0.1, 0.15) is 5.82 Å². The topological polar surface area (TPSA) is 71.2 Å². The van der Waals surface area contributed by atoms with Crippen molar-refractivity contribution in [2.75, 3.05) is 12.3 Å². The molecule has 1 atom stereocenters. The molecular formula is C17H28N4O. The zero-order valence-corrected chi connectivity index (χ0v) is 14.5. The number of anilines is 1. The van der Waals surface area contributed by atoms with Crippen molar-refractivity contribution in [2.45, 2.75) is 47.6 Å². The Morgan fingerprint density at radius 1 is 1.32 bits per heavy atom. The smallest absolute Gasteiger partial charge is 0.243 e. The van der Waals surface area contributed by atoms with Gasteiger partial charge in [-0.3, -0.25) is 4.79 Å². The Morgan fingerprint density at radius 2 is 1.95 bits per heavy atom. The van der Waals surface area contributed by atoms with Crippen LogP contribution in [0.5, 0.6) is 0 Å². The van der Waals surface area contributed by atoms with Crippen molar-refractivity contribution < 1.29 is 4.79 Å². The number of amides is 1. The van der Waals surface area contributed by atoms with E-state index in [9.17, 15) is 4.79 Å². The highest BCUT2D eigenvalue weighted by atomic mass is 16.2. The Labute approximate surface area is 133 Å². The van der Waals surface area contributed by atoms with Gasteiger partial charge in [0.25, 0.3) is 0 Å². The van der Waals surface area contributed by atoms with Gasteiger partial charge in [-0.05, 0) is 25.8 Å². The number of aromatic nitrogens is 1. The van der Waals surface area contributed by atoms with E-state index < -0.39 is 0 Å². The van der Waals surface area contributed by atoms with Crippen molar-refractivity contribution in [3.05, 3.63) is 35.3 Å². The molecule has 1 unspecified atom stereocenters. The summed E-state index contributed by atoms with van der Waals surface area (Å²) < 4.78 is 0. The van der Waals surface area contributed by atoms with Crippen molar-refractivity contribution in [1.29, 1.82) is 0 Å². The third kappa shape index (κ3) is 3.78. The zero-order chi connectivity index (χ0) is 16.9. The Balaban J connectivity index is 0.00000116. The first-order valence-corrected chi connectivity index (χ1v) is 7.89. The largest absolute Gasteiger partial charge is 0.383 e. The van der Waals surface area contributed by atoms with Crippen LogP contribution in [0, 0.1) is 5.92 Å². The summed E-state index contributed by atoms with van der Waals surface area (Å²) in [5.74, 6) is 0.818. The molecule has 0 fully saturated rings. The van der Waals surface area contributed by atoms with Gasteiger partial charge in [-0.15, -0.1) is 0 Å². The monoisotopic (exact) mass is 304 g/mol. The van der Waals surface area contributed by atoms with Gasteiger partial charge in [0, 0.05) is 23.2 Å². The average molecular weight is 304 g/mol. The van der Waals surface area contributed by atoms with Gasteiger partial charge in [-0.1, -0.05) is 33.8 Å². The van der Waals surface area contributed by atoms with E-state index in [-0.39, 0.29) is 17.9 Å². The van der Waals surface area contributed by atoms with Crippen molar-refractivity contribution in [1.82, 2.24) is 15.2 Å². The second-order valence-electron chi connectivity index (χ2n) is 5.48. The number of allylic oxidation sites excluding steroid dienone is 2. The molecule has 22 heavy (non-hydrogen) atoms. The van der Waals surface area contributed by atoms with E-state index >= 15 is 0 Å². The van der Waals surface area contributed by atoms with E-state index in [0.717, 1.165) is 17.0 Å². The fourth-order valence-electron chi connectivity index (χ4n) is 2.65. The normalized spacial score (nSPS) is 16.1. The Hall–Kier alpha value is -2.04. The predicted molar refractivity (Wildman–Crippen MR) is 90.8 cm³/mol. The molecule has 0 aliphatic carbocycles. The van der Waals surface area contributed by atoms with E-state index in [1.54, 1.807) is 6.20 Å². The van der Waals surface area contributed by atoms with Crippen LogP contribution in [0.4, 0.5) is 5.82 Å². The number of nitrogens with zero attached hydrogens (tertiary/aromatic N) is 2. The Morgan fingerprint density at radius 3 is 2.50 bits per heavy atom. The lowest BCUT2D eigenvalue weighted by molar-refractivity contribution is -0.122. The van der Waals surface area contributed by atoms with Crippen molar-refractivity contribution in [2.24, 2.45) is 5.92 Å². The van der Waals surface area contributed by atoms with E-state index in [4.69, 9.17) is 5.73 Å². The number of carbonyl (C=O) groups excluding carboxylic acids is 1. The van der Waals surface area contributed by atoms with Crippen LogP contribution in [0.3, 0.4) is 0 Å². The number of carbonyl (C=O) groups is 1. The first-order chi connectivity index (χ1) is 10.4.